The van der Waals surface area contributed by atoms with Crippen molar-refractivity contribution in [2.45, 2.75) is 19.9 Å². The van der Waals surface area contributed by atoms with Crippen LogP contribution in [0.2, 0.25) is 0 Å². The summed E-state index contributed by atoms with van der Waals surface area (Å²) in [6.45, 7) is 2.83. The van der Waals surface area contributed by atoms with Crippen molar-refractivity contribution < 1.29 is 19.0 Å². The molecule has 24 heavy (non-hydrogen) atoms. The van der Waals surface area contributed by atoms with Crippen LogP contribution >= 0.6 is 0 Å². The zero-order chi connectivity index (χ0) is 16.9. The Morgan fingerprint density at radius 2 is 1.96 bits per heavy atom. The van der Waals surface area contributed by atoms with E-state index < -0.39 is 0 Å². The van der Waals surface area contributed by atoms with Crippen LogP contribution in [0.3, 0.4) is 0 Å². The highest BCUT2D eigenvalue weighted by molar-refractivity contribution is 5.77. The van der Waals surface area contributed by atoms with E-state index in [0.717, 1.165) is 34.8 Å². The number of amides is 1. The lowest BCUT2D eigenvalue weighted by atomic mass is 10.1. The molecule has 0 radical (unpaired) electrons. The van der Waals surface area contributed by atoms with Crippen molar-refractivity contribution in [1.82, 2.24) is 4.90 Å². The molecule has 1 aliphatic rings. The van der Waals surface area contributed by atoms with Crippen LogP contribution in [0.25, 0.3) is 0 Å². The van der Waals surface area contributed by atoms with Crippen LogP contribution < -0.4 is 14.2 Å². The first kappa shape index (κ1) is 16.2. The molecule has 5 nitrogen and oxygen atoms in total. The summed E-state index contributed by atoms with van der Waals surface area (Å²) in [6, 6.07) is 13.5. The van der Waals surface area contributed by atoms with Gasteiger partial charge in [-0.15, -0.1) is 0 Å². The number of rotatable bonds is 6. The monoisotopic (exact) mass is 327 g/mol. The molecule has 0 N–H and O–H groups in total. The minimum absolute atomic E-state index is 0.0259. The Morgan fingerprint density at radius 3 is 2.79 bits per heavy atom. The highest BCUT2D eigenvalue weighted by Crippen LogP contribution is 2.32. The van der Waals surface area contributed by atoms with Gasteiger partial charge >= 0.3 is 0 Å². The molecule has 1 amide bonds. The van der Waals surface area contributed by atoms with E-state index in [4.69, 9.17) is 14.2 Å². The van der Waals surface area contributed by atoms with E-state index in [1.54, 1.807) is 11.9 Å². The molecule has 2 aromatic carbocycles. The topological polar surface area (TPSA) is 48.0 Å². The summed E-state index contributed by atoms with van der Waals surface area (Å²) in [6.07, 6.45) is 0.872. The Balaban J connectivity index is 1.57. The highest BCUT2D eigenvalue weighted by atomic mass is 16.7. The van der Waals surface area contributed by atoms with Crippen molar-refractivity contribution in [3.8, 4) is 17.2 Å². The number of hydrogen-bond acceptors (Lipinski definition) is 4. The fourth-order valence-electron chi connectivity index (χ4n) is 2.59. The lowest BCUT2D eigenvalue weighted by Gasteiger charge is -2.18. The summed E-state index contributed by atoms with van der Waals surface area (Å²) < 4.78 is 16.3. The molecule has 1 aliphatic heterocycles. The van der Waals surface area contributed by atoms with Gasteiger partial charge < -0.3 is 19.1 Å². The van der Waals surface area contributed by atoms with E-state index >= 15 is 0 Å². The van der Waals surface area contributed by atoms with Gasteiger partial charge in [-0.1, -0.05) is 31.2 Å². The Bertz CT molecular complexity index is 729. The molecule has 5 heteroatoms. The quantitative estimate of drug-likeness (QED) is 0.818. The van der Waals surface area contributed by atoms with Crippen LogP contribution in [-0.2, 0) is 17.8 Å². The third-order valence-corrected chi connectivity index (χ3v) is 3.99. The molecule has 0 bridgehead atoms. The lowest BCUT2D eigenvalue weighted by molar-refractivity contribution is -0.132. The first-order chi connectivity index (χ1) is 11.7. The van der Waals surface area contributed by atoms with Gasteiger partial charge in [0.15, 0.2) is 18.1 Å². The average molecular weight is 327 g/mol. The minimum atomic E-state index is -0.0708. The van der Waals surface area contributed by atoms with Crippen LogP contribution in [0.5, 0.6) is 17.2 Å². The number of para-hydroxylation sites is 1. The second kappa shape index (κ2) is 7.25. The van der Waals surface area contributed by atoms with Gasteiger partial charge in [-0.3, -0.25) is 4.79 Å². The highest BCUT2D eigenvalue weighted by Gasteiger charge is 2.16. The molecule has 2 aromatic rings. The van der Waals surface area contributed by atoms with Crippen molar-refractivity contribution in [2.75, 3.05) is 20.4 Å². The molecule has 0 saturated heterocycles. The molecular weight excluding hydrogens is 306 g/mol. The average Bonchev–Trinajstić information content (AvgIpc) is 3.07. The van der Waals surface area contributed by atoms with Crippen LogP contribution in [0.4, 0.5) is 0 Å². The Kier molecular flexibility index (Phi) is 4.89. The zero-order valence-corrected chi connectivity index (χ0v) is 14.0. The van der Waals surface area contributed by atoms with E-state index in [9.17, 15) is 4.79 Å². The molecule has 0 spiro atoms. The summed E-state index contributed by atoms with van der Waals surface area (Å²) in [5.74, 6) is 2.16. The first-order valence-corrected chi connectivity index (χ1v) is 8.00. The van der Waals surface area contributed by atoms with Crippen LogP contribution in [0.15, 0.2) is 42.5 Å². The molecule has 0 fully saturated rings. The maximum atomic E-state index is 12.3. The third kappa shape index (κ3) is 3.62. The second-order valence-electron chi connectivity index (χ2n) is 5.69. The number of fused-ring (bicyclic) bond motifs is 1. The number of nitrogens with zero attached hydrogens (tertiary/aromatic N) is 1. The lowest BCUT2D eigenvalue weighted by Crippen LogP contribution is -2.31. The predicted octanol–water partition coefficient (Wildman–Crippen LogP) is 3.02. The second-order valence-corrected chi connectivity index (χ2v) is 5.69. The number of benzene rings is 2. The summed E-state index contributed by atoms with van der Waals surface area (Å²) >= 11 is 0. The van der Waals surface area contributed by atoms with Crippen molar-refractivity contribution in [1.29, 1.82) is 0 Å². The summed E-state index contributed by atoms with van der Waals surface area (Å²) in [5, 5.41) is 0. The van der Waals surface area contributed by atoms with Gasteiger partial charge in [-0.05, 0) is 35.7 Å². The maximum Gasteiger partial charge on any atom is 0.260 e. The van der Waals surface area contributed by atoms with E-state index in [1.165, 1.54) is 0 Å². The first-order valence-electron chi connectivity index (χ1n) is 8.00. The molecule has 126 valence electrons. The minimum Gasteiger partial charge on any atom is -0.483 e. The van der Waals surface area contributed by atoms with Crippen molar-refractivity contribution in [3.05, 3.63) is 53.6 Å². The fraction of sp³-hybridized carbons (Fsp3) is 0.316. The van der Waals surface area contributed by atoms with Gasteiger partial charge in [0.05, 0.1) is 0 Å². The Morgan fingerprint density at radius 1 is 1.17 bits per heavy atom. The molecule has 0 atom stereocenters. The van der Waals surface area contributed by atoms with Gasteiger partial charge in [0, 0.05) is 13.6 Å². The van der Waals surface area contributed by atoms with Gasteiger partial charge in [0.1, 0.15) is 5.75 Å². The molecule has 3 rings (SSSR count). The largest absolute Gasteiger partial charge is 0.483 e. The Labute approximate surface area is 141 Å². The third-order valence-electron chi connectivity index (χ3n) is 3.99. The van der Waals surface area contributed by atoms with E-state index in [1.807, 2.05) is 42.5 Å². The van der Waals surface area contributed by atoms with E-state index in [-0.39, 0.29) is 19.3 Å². The summed E-state index contributed by atoms with van der Waals surface area (Å²) in [7, 11) is 1.77. The van der Waals surface area contributed by atoms with Crippen molar-refractivity contribution >= 4 is 5.91 Å². The maximum absolute atomic E-state index is 12.3. The standard InChI is InChI=1S/C19H21NO4/c1-3-15-6-4-5-7-16(15)22-12-19(21)20(2)11-14-8-9-17-18(10-14)24-13-23-17/h4-10H,3,11-13H2,1-2H3. The van der Waals surface area contributed by atoms with Gasteiger partial charge in [0.2, 0.25) is 6.79 Å². The van der Waals surface area contributed by atoms with Crippen LogP contribution in [0.1, 0.15) is 18.1 Å². The van der Waals surface area contributed by atoms with Crippen LogP contribution in [-0.4, -0.2) is 31.3 Å². The van der Waals surface area contributed by atoms with E-state index in [0.29, 0.717) is 6.54 Å². The smallest absolute Gasteiger partial charge is 0.260 e. The summed E-state index contributed by atoms with van der Waals surface area (Å²) in [4.78, 5) is 13.9. The summed E-state index contributed by atoms with van der Waals surface area (Å²) in [5.41, 5.74) is 2.09. The fourth-order valence-corrected chi connectivity index (χ4v) is 2.59. The Hall–Kier alpha value is -2.69. The number of carbonyl (C=O) groups excluding carboxylic acids is 1. The number of carbonyl (C=O) groups is 1. The molecule has 0 aliphatic carbocycles. The zero-order valence-electron chi connectivity index (χ0n) is 14.0. The number of ether oxygens (including phenoxy) is 3. The van der Waals surface area contributed by atoms with E-state index in [2.05, 4.69) is 6.92 Å². The predicted molar refractivity (Wildman–Crippen MR) is 90.4 cm³/mol. The van der Waals surface area contributed by atoms with Gasteiger partial charge in [-0.25, -0.2) is 0 Å². The van der Waals surface area contributed by atoms with Crippen molar-refractivity contribution in [3.63, 3.8) is 0 Å². The molecule has 1 heterocycles. The van der Waals surface area contributed by atoms with Gasteiger partial charge in [-0.2, -0.15) is 0 Å². The SMILES string of the molecule is CCc1ccccc1OCC(=O)N(C)Cc1ccc2c(c1)OCO2. The van der Waals surface area contributed by atoms with Crippen LogP contribution in [0, 0.1) is 0 Å². The molecule has 0 unspecified atom stereocenters. The number of hydrogen-bond donors (Lipinski definition) is 0. The molecule has 0 aromatic heterocycles. The molecule has 0 saturated carbocycles. The normalized spacial score (nSPS) is 12.1. The molecular formula is C19H21NO4. The number of aryl methyl sites for hydroxylation is 1. The number of likely N-dealkylation sites (N-methyl/N-ethyl adjacent to an activating group) is 1. The van der Waals surface area contributed by atoms with Crippen molar-refractivity contribution in [2.24, 2.45) is 0 Å². The van der Waals surface area contributed by atoms with Gasteiger partial charge in [0.25, 0.3) is 5.91 Å².